The van der Waals surface area contributed by atoms with Gasteiger partial charge in [-0.2, -0.15) is 0 Å². The van der Waals surface area contributed by atoms with Gasteiger partial charge < -0.3 is 10.2 Å². The maximum absolute atomic E-state index is 12.9. The second-order valence-corrected chi connectivity index (χ2v) is 5.23. The molecule has 2 rings (SSSR count). The molecule has 98 valence electrons. The van der Waals surface area contributed by atoms with E-state index in [0.717, 1.165) is 24.8 Å². The third kappa shape index (κ3) is 2.70. The van der Waals surface area contributed by atoms with Crippen molar-refractivity contribution >= 4 is 5.91 Å². The number of rotatable bonds is 4. The van der Waals surface area contributed by atoms with Crippen LogP contribution in [0.5, 0.6) is 0 Å². The summed E-state index contributed by atoms with van der Waals surface area (Å²) < 4.78 is 12.9. The van der Waals surface area contributed by atoms with E-state index >= 15 is 0 Å². The van der Waals surface area contributed by atoms with Gasteiger partial charge in [0, 0.05) is 0 Å². The molecule has 0 saturated heterocycles. The van der Waals surface area contributed by atoms with E-state index in [4.69, 9.17) is 0 Å². The van der Waals surface area contributed by atoms with E-state index in [9.17, 15) is 9.18 Å². The van der Waals surface area contributed by atoms with Crippen LogP contribution in [-0.4, -0.2) is 31.4 Å². The van der Waals surface area contributed by atoms with Crippen molar-refractivity contribution in [3.8, 4) is 0 Å². The van der Waals surface area contributed by atoms with E-state index in [-0.39, 0.29) is 17.3 Å². The Bertz CT molecular complexity index is 424. The van der Waals surface area contributed by atoms with E-state index in [1.54, 1.807) is 12.1 Å². The first kappa shape index (κ1) is 13.0. The zero-order valence-corrected chi connectivity index (χ0v) is 10.9. The topological polar surface area (TPSA) is 32.3 Å². The van der Waals surface area contributed by atoms with Gasteiger partial charge in [0.15, 0.2) is 0 Å². The van der Waals surface area contributed by atoms with Gasteiger partial charge in [-0.15, -0.1) is 0 Å². The minimum atomic E-state index is -0.277. The van der Waals surface area contributed by atoms with Gasteiger partial charge in [-0.05, 0) is 51.1 Å². The van der Waals surface area contributed by atoms with Gasteiger partial charge in [-0.25, -0.2) is 4.39 Å². The van der Waals surface area contributed by atoms with Crippen molar-refractivity contribution in [3.63, 3.8) is 0 Å². The lowest BCUT2D eigenvalue weighted by molar-refractivity contribution is -0.125. The first-order chi connectivity index (χ1) is 8.52. The second kappa shape index (κ2) is 5.06. The number of halogens is 1. The number of benzene rings is 1. The Hall–Kier alpha value is -1.42. The van der Waals surface area contributed by atoms with Gasteiger partial charge in [-0.3, -0.25) is 4.79 Å². The SMILES string of the molecule is CN(C)CC(=O)NC1(c2ccc(F)cc2)CCC1. The van der Waals surface area contributed by atoms with E-state index in [1.807, 2.05) is 19.0 Å². The lowest BCUT2D eigenvalue weighted by Gasteiger charge is -2.43. The summed E-state index contributed by atoms with van der Waals surface area (Å²) in [6.07, 6.45) is 2.95. The number of carbonyl (C=O) groups excluding carboxylic acids is 1. The van der Waals surface area contributed by atoms with Crippen LogP contribution in [0.25, 0.3) is 0 Å². The van der Waals surface area contributed by atoms with Crippen molar-refractivity contribution in [2.24, 2.45) is 0 Å². The van der Waals surface area contributed by atoms with E-state index in [2.05, 4.69) is 5.32 Å². The summed E-state index contributed by atoms with van der Waals surface area (Å²) in [7, 11) is 3.73. The highest BCUT2D eigenvalue weighted by Crippen LogP contribution is 2.41. The third-order valence-corrected chi connectivity index (χ3v) is 3.44. The van der Waals surface area contributed by atoms with Crippen LogP contribution in [0.4, 0.5) is 4.39 Å². The highest BCUT2D eigenvalue weighted by atomic mass is 19.1. The smallest absolute Gasteiger partial charge is 0.234 e. The Balaban J connectivity index is 2.11. The van der Waals surface area contributed by atoms with E-state index in [0.29, 0.717) is 6.54 Å². The monoisotopic (exact) mass is 250 g/mol. The highest BCUT2D eigenvalue weighted by Gasteiger charge is 2.39. The van der Waals surface area contributed by atoms with Gasteiger partial charge in [0.2, 0.25) is 5.91 Å². The molecule has 0 unspecified atom stereocenters. The molecule has 4 heteroatoms. The molecular weight excluding hydrogens is 231 g/mol. The van der Waals surface area contributed by atoms with Gasteiger partial charge in [0.05, 0.1) is 12.1 Å². The molecule has 18 heavy (non-hydrogen) atoms. The molecule has 1 aromatic rings. The van der Waals surface area contributed by atoms with Gasteiger partial charge >= 0.3 is 0 Å². The zero-order valence-electron chi connectivity index (χ0n) is 10.9. The summed E-state index contributed by atoms with van der Waals surface area (Å²) in [5.41, 5.74) is 0.725. The summed E-state index contributed by atoms with van der Waals surface area (Å²) >= 11 is 0. The molecule has 0 spiro atoms. The molecule has 3 nitrogen and oxygen atoms in total. The normalized spacial score (nSPS) is 17.3. The van der Waals surface area contributed by atoms with Crippen LogP contribution >= 0.6 is 0 Å². The van der Waals surface area contributed by atoms with E-state index < -0.39 is 0 Å². The van der Waals surface area contributed by atoms with Crippen molar-refractivity contribution in [1.29, 1.82) is 0 Å². The van der Waals surface area contributed by atoms with Crippen molar-refractivity contribution in [1.82, 2.24) is 10.2 Å². The number of nitrogens with zero attached hydrogens (tertiary/aromatic N) is 1. The van der Waals surface area contributed by atoms with Crippen molar-refractivity contribution in [2.75, 3.05) is 20.6 Å². The fourth-order valence-electron chi connectivity index (χ4n) is 2.38. The third-order valence-electron chi connectivity index (χ3n) is 3.44. The zero-order chi connectivity index (χ0) is 13.2. The Kier molecular flexibility index (Phi) is 3.66. The number of hydrogen-bond donors (Lipinski definition) is 1. The lowest BCUT2D eigenvalue weighted by atomic mass is 9.72. The van der Waals surface area contributed by atoms with E-state index in [1.165, 1.54) is 12.1 Å². The number of likely N-dealkylation sites (N-methyl/N-ethyl adjacent to an activating group) is 1. The van der Waals surface area contributed by atoms with Crippen molar-refractivity contribution in [2.45, 2.75) is 24.8 Å². The molecular formula is C14H19FN2O. The Morgan fingerprint density at radius 2 is 1.94 bits per heavy atom. The fourth-order valence-corrected chi connectivity index (χ4v) is 2.38. The van der Waals surface area contributed by atoms with Crippen LogP contribution in [0.15, 0.2) is 24.3 Å². The molecule has 0 bridgehead atoms. The standard InChI is InChI=1S/C14H19FN2O/c1-17(2)10-13(18)16-14(8-3-9-14)11-4-6-12(15)7-5-11/h4-7H,3,8-10H2,1-2H3,(H,16,18). The quantitative estimate of drug-likeness (QED) is 0.885. The maximum atomic E-state index is 12.9. The molecule has 1 saturated carbocycles. The summed E-state index contributed by atoms with van der Waals surface area (Å²) in [5.74, 6) is -0.225. The van der Waals surface area contributed by atoms with Gasteiger partial charge in [0.25, 0.3) is 0 Å². The minimum Gasteiger partial charge on any atom is -0.345 e. The highest BCUT2D eigenvalue weighted by molar-refractivity contribution is 5.79. The molecule has 0 atom stereocenters. The summed E-state index contributed by atoms with van der Waals surface area (Å²) in [5, 5.41) is 3.09. The Morgan fingerprint density at radius 1 is 1.33 bits per heavy atom. The molecule has 1 fully saturated rings. The van der Waals surface area contributed by atoms with Crippen LogP contribution in [0.3, 0.4) is 0 Å². The van der Waals surface area contributed by atoms with Crippen LogP contribution in [0.2, 0.25) is 0 Å². The minimum absolute atomic E-state index is 0.0176. The fraction of sp³-hybridized carbons (Fsp3) is 0.500. The molecule has 0 heterocycles. The number of carbonyl (C=O) groups is 1. The van der Waals surface area contributed by atoms with Crippen LogP contribution in [0, 0.1) is 5.82 Å². The molecule has 1 aliphatic rings. The van der Waals surface area contributed by atoms with Crippen molar-refractivity contribution < 1.29 is 9.18 Å². The van der Waals surface area contributed by atoms with Crippen molar-refractivity contribution in [3.05, 3.63) is 35.6 Å². The second-order valence-electron chi connectivity index (χ2n) is 5.23. The number of hydrogen-bond acceptors (Lipinski definition) is 2. The molecule has 1 amide bonds. The summed E-state index contributed by atoms with van der Waals surface area (Å²) in [6, 6.07) is 6.44. The molecule has 0 aromatic heterocycles. The molecule has 1 aliphatic carbocycles. The van der Waals surface area contributed by atoms with Crippen LogP contribution in [0.1, 0.15) is 24.8 Å². The maximum Gasteiger partial charge on any atom is 0.234 e. The van der Waals surface area contributed by atoms with Gasteiger partial charge in [0.1, 0.15) is 5.82 Å². The summed E-state index contributed by atoms with van der Waals surface area (Å²) in [4.78, 5) is 13.7. The average Bonchev–Trinajstić information content (AvgIpc) is 2.24. The Labute approximate surface area is 107 Å². The molecule has 1 aromatic carbocycles. The lowest BCUT2D eigenvalue weighted by Crippen LogP contribution is -2.52. The predicted molar refractivity (Wildman–Crippen MR) is 68.6 cm³/mol. The van der Waals surface area contributed by atoms with Crippen LogP contribution in [-0.2, 0) is 10.3 Å². The largest absolute Gasteiger partial charge is 0.345 e. The number of nitrogens with one attached hydrogen (secondary N) is 1. The first-order valence-corrected chi connectivity index (χ1v) is 6.24. The predicted octanol–water partition coefficient (Wildman–Crippen LogP) is 1.88. The summed E-state index contributed by atoms with van der Waals surface area (Å²) in [6.45, 7) is 0.378. The number of amides is 1. The molecule has 0 radical (unpaired) electrons. The van der Waals surface area contributed by atoms with Gasteiger partial charge in [-0.1, -0.05) is 12.1 Å². The first-order valence-electron chi connectivity index (χ1n) is 6.24. The Morgan fingerprint density at radius 3 is 2.39 bits per heavy atom. The van der Waals surface area contributed by atoms with Crippen LogP contribution < -0.4 is 5.32 Å². The molecule has 0 aliphatic heterocycles. The average molecular weight is 250 g/mol. The molecule has 1 N–H and O–H groups in total.